The first kappa shape index (κ1) is 28.2. The quantitative estimate of drug-likeness (QED) is 0.322. The molecular weight excluding hydrogens is 336 g/mol. The second-order valence-corrected chi connectivity index (χ2v) is 7.24. The number of allylic oxidation sites excluding steroid dienone is 1. The van der Waals surface area contributed by atoms with Crippen LogP contribution in [0.2, 0.25) is 0 Å². The molecule has 160 valence electrons. The number of aliphatic hydroxyl groups is 2. The number of aliphatic hydroxyl groups excluding tert-OH is 1. The molecule has 3 heteroatoms. The summed E-state index contributed by atoms with van der Waals surface area (Å²) in [5, 5.41) is 16.5. The highest BCUT2D eigenvalue weighted by Crippen LogP contribution is 2.60. The largest absolute Gasteiger partial charge is 0.504 e. The highest BCUT2D eigenvalue weighted by molar-refractivity contribution is 5.14. The molecule has 0 aromatic carbocycles. The van der Waals surface area contributed by atoms with Crippen molar-refractivity contribution in [2.75, 3.05) is 7.11 Å². The number of methoxy groups -OCH3 is 1. The Hall–Kier alpha value is -0.980. The van der Waals surface area contributed by atoms with E-state index >= 15 is 0 Å². The van der Waals surface area contributed by atoms with Crippen molar-refractivity contribution < 1.29 is 14.9 Å². The van der Waals surface area contributed by atoms with Crippen molar-refractivity contribution in [3.05, 3.63) is 11.8 Å². The topological polar surface area (TPSA) is 49.7 Å². The van der Waals surface area contributed by atoms with E-state index in [0.717, 1.165) is 24.2 Å². The lowest BCUT2D eigenvalue weighted by Gasteiger charge is -2.55. The Balaban J connectivity index is 0. The molecule has 27 heavy (non-hydrogen) atoms. The van der Waals surface area contributed by atoms with E-state index < -0.39 is 6.29 Å². The van der Waals surface area contributed by atoms with Gasteiger partial charge in [-0.05, 0) is 68.3 Å². The molecule has 3 fully saturated rings. The lowest BCUT2D eigenvalue weighted by atomic mass is 9.50. The molecule has 2 N–H and O–H groups in total. The fourth-order valence-corrected chi connectivity index (χ4v) is 3.62. The van der Waals surface area contributed by atoms with Crippen molar-refractivity contribution >= 4 is 0 Å². The summed E-state index contributed by atoms with van der Waals surface area (Å²) in [5.74, 6) is 1.07. The zero-order valence-electron chi connectivity index (χ0n) is 18.8. The highest BCUT2D eigenvalue weighted by atomic mass is 16.5. The first-order valence-electron chi connectivity index (χ1n) is 11.0. The number of terminal acetylenes is 1. The van der Waals surface area contributed by atoms with Gasteiger partial charge in [-0.15, -0.1) is 12.8 Å². The highest BCUT2D eigenvalue weighted by Gasteiger charge is 2.48. The van der Waals surface area contributed by atoms with Crippen LogP contribution >= 0.6 is 0 Å². The van der Waals surface area contributed by atoms with Crippen molar-refractivity contribution in [1.82, 2.24) is 0 Å². The predicted octanol–water partition coefficient (Wildman–Crippen LogP) is 6.30. The van der Waals surface area contributed by atoms with Crippen LogP contribution in [0.4, 0.5) is 0 Å². The number of hydrogen-bond acceptors (Lipinski definition) is 3. The van der Waals surface area contributed by atoms with Gasteiger partial charge in [0.05, 0.1) is 13.4 Å². The minimum atomic E-state index is -1.04. The minimum absolute atomic E-state index is 0.213. The third-order valence-electron chi connectivity index (χ3n) is 5.43. The number of rotatable bonds is 6. The first-order chi connectivity index (χ1) is 13.1. The first-order valence-corrected chi connectivity index (χ1v) is 11.0. The van der Waals surface area contributed by atoms with E-state index in [1.54, 1.807) is 12.7 Å². The molecule has 0 aromatic rings. The van der Waals surface area contributed by atoms with E-state index in [9.17, 15) is 0 Å². The molecule has 0 heterocycles. The Morgan fingerprint density at radius 2 is 1.63 bits per heavy atom. The fourth-order valence-electron chi connectivity index (χ4n) is 3.62. The van der Waals surface area contributed by atoms with Crippen molar-refractivity contribution in [1.29, 1.82) is 0 Å². The molecule has 0 bridgehead atoms. The van der Waals surface area contributed by atoms with Crippen molar-refractivity contribution in [3.63, 3.8) is 0 Å². The fraction of sp³-hybridized carbons (Fsp3) is 0.833. The zero-order chi connectivity index (χ0) is 21.3. The van der Waals surface area contributed by atoms with Gasteiger partial charge in [0, 0.05) is 5.92 Å². The van der Waals surface area contributed by atoms with Gasteiger partial charge in [0.25, 0.3) is 0 Å². The van der Waals surface area contributed by atoms with Gasteiger partial charge in [-0.25, -0.2) is 0 Å². The van der Waals surface area contributed by atoms with Crippen LogP contribution in [0.25, 0.3) is 0 Å². The van der Waals surface area contributed by atoms with Crippen molar-refractivity contribution in [3.8, 4) is 12.8 Å². The van der Waals surface area contributed by atoms with Gasteiger partial charge in [0.15, 0.2) is 6.29 Å². The maximum atomic E-state index is 8.25. The Labute approximate surface area is 169 Å². The normalized spacial score (nSPS) is 19.3. The number of hydrogen-bond donors (Lipinski definition) is 2. The molecule has 3 nitrogen and oxygen atoms in total. The average Bonchev–Trinajstić information content (AvgIpc) is 3.48. The second-order valence-electron chi connectivity index (χ2n) is 7.24. The van der Waals surface area contributed by atoms with E-state index in [1.807, 2.05) is 34.0 Å². The molecule has 0 amide bonds. The Bertz CT molecular complexity index is 368. The van der Waals surface area contributed by atoms with E-state index in [4.69, 9.17) is 14.9 Å². The van der Waals surface area contributed by atoms with Crippen LogP contribution in [-0.4, -0.2) is 23.6 Å². The van der Waals surface area contributed by atoms with E-state index in [0.29, 0.717) is 0 Å². The molecule has 3 aliphatic carbocycles. The molecule has 3 aliphatic rings. The van der Waals surface area contributed by atoms with Gasteiger partial charge in [0.1, 0.15) is 0 Å². The second kappa shape index (κ2) is 17.1. The molecular formula is C24H46O3. The van der Waals surface area contributed by atoms with E-state index in [2.05, 4.69) is 19.8 Å². The van der Waals surface area contributed by atoms with Gasteiger partial charge in [-0.3, -0.25) is 0 Å². The summed E-state index contributed by atoms with van der Waals surface area (Å²) in [6.07, 6.45) is 22.2. The third-order valence-corrected chi connectivity index (χ3v) is 5.43. The summed E-state index contributed by atoms with van der Waals surface area (Å²) in [6.45, 7) is 10.3. The smallest absolute Gasteiger partial charge is 0.154 e. The maximum Gasteiger partial charge on any atom is 0.154 e. The molecule has 0 aromatic heterocycles. The van der Waals surface area contributed by atoms with Crippen molar-refractivity contribution in [2.24, 2.45) is 17.3 Å². The van der Waals surface area contributed by atoms with E-state index in [1.165, 1.54) is 51.4 Å². The molecule has 0 unspecified atom stereocenters. The average molecular weight is 383 g/mol. The molecule has 0 saturated heterocycles. The van der Waals surface area contributed by atoms with Gasteiger partial charge < -0.3 is 14.9 Å². The standard InChI is InChI=1S/C14H24O.C4H8O2.2C2H6.C2H2/c1-3-4-6-12(11-15-2)13-9-14(10-13)7-5-8-14;5-4(6)3-1-2-3;3*1-2/h11,13H,3-10H2,1-2H3;3-6H,1-2H2;2*1-2H3;1-2H/b12-11-;;;;. The molecule has 3 saturated carbocycles. The molecule has 0 radical (unpaired) electrons. The minimum Gasteiger partial charge on any atom is -0.504 e. The Morgan fingerprint density at radius 1 is 1.11 bits per heavy atom. The Morgan fingerprint density at radius 3 is 1.89 bits per heavy atom. The van der Waals surface area contributed by atoms with Crippen LogP contribution in [0, 0.1) is 30.1 Å². The monoisotopic (exact) mass is 382 g/mol. The lowest BCUT2D eigenvalue weighted by Crippen LogP contribution is -2.43. The number of ether oxygens (including phenoxy) is 1. The van der Waals surface area contributed by atoms with Crippen LogP contribution in [-0.2, 0) is 4.74 Å². The van der Waals surface area contributed by atoms with Crippen LogP contribution in [0.3, 0.4) is 0 Å². The van der Waals surface area contributed by atoms with Gasteiger partial charge in [-0.2, -0.15) is 0 Å². The zero-order valence-corrected chi connectivity index (χ0v) is 18.8. The van der Waals surface area contributed by atoms with Crippen molar-refractivity contribution in [2.45, 2.75) is 105 Å². The summed E-state index contributed by atoms with van der Waals surface area (Å²) < 4.78 is 5.22. The van der Waals surface area contributed by atoms with Crippen LogP contribution in [0.5, 0.6) is 0 Å². The Kier molecular flexibility index (Phi) is 17.9. The molecule has 3 rings (SSSR count). The lowest BCUT2D eigenvalue weighted by molar-refractivity contribution is -0.0563. The van der Waals surface area contributed by atoms with Gasteiger partial charge in [-0.1, -0.05) is 47.5 Å². The summed E-state index contributed by atoms with van der Waals surface area (Å²) in [6, 6.07) is 0. The summed E-state index contributed by atoms with van der Waals surface area (Å²) in [7, 11) is 1.78. The predicted molar refractivity (Wildman–Crippen MR) is 117 cm³/mol. The summed E-state index contributed by atoms with van der Waals surface area (Å²) >= 11 is 0. The van der Waals surface area contributed by atoms with Crippen LogP contribution in [0.15, 0.2) is 11.8 Å². The molecule has 0 atom stereocenters. The maximum absolute atomic E-state index is 8.25. The van der Waals surface area contributed by atoms with Crippen LogP contribution in [0.1, 0.15) is 98.8 Å². The van der Waals surface area contributed by atoms with Gasteiger partial charge in [0.2, 0.25) is 0 Å². The van der Waals surface area contributed by atoms with E-state index in [-0.39, 0.29) is 5.92 Å². The van der Waals surface area contributed by atoms with Gasteiger partial charge >= 0.3 is 0 Å². The van der Waals surface area contributed by atoms with Crippen LogP contribution < -0.4 is 0 Å². The number of unbranched alkanes of at least 4 members (excludes halogenated alkanes) is 1. The summed E-state index contributed by atoms with van der Waals surface area (Å²) in [4.78, 5) is 0. The summed E-state index contributed by atoms with van der Waals surface area (Å²) in [5.41, 5.74) is 2.38. The SMILES string of the molecule is C#C.CC.CC.CCCC/C(=C/OC)C1CC2(CCC2)C1.OC(O)C1CC1. The molecule has 0 aliphatic heterocycles. The molecule has 1 spiro atoms. The third kappa shape index (κ3) is 10.8.